The maximum Gasteiger partial charge on any atom is 0.0577 e. The van der Waals surface area contributed by atoms with Crippen molar-refractivity contribution in [3.63, 3.8) is 0 Å². The van der Waals surface area contributed by atoms with Crippen LogP contribution in [0.1, 0.15) is 5.56 Å². The summed E-state index contributed by atoms with van der Waals surface area (Å²) in [5.41, 5.74) is 3.44. The van der Waals surface area contributed by atoms with Crippen LogP contribution < -0.4 is 0 Å². The second-order valence-corrected chi connectivity index (χ2v) is 4.01. The lowest BCUT2D eigenvalue weighted by Crippen LogP contribution is -1.87. The van der Waals surface area contributed by atoms with E-state index in [2.05, 4.69) is 38.3 Å². The van der Waals surface area contributed by atoms with Crippen LogP contribution in [-0.2, 0) is 0 Å². The Bertz CT molecular complexity index is 437. The fourth-order valence-electron chi connectivity index (χ4n) is 1.31. The maximum atomic E-state index is 3.88. The molecule has 2 nitrogen and oxygen atoms in total. The number of rotatable bonds is 1. The Morgan fingerprint density at radius 3 is 2.29 bits per heavy atom. The Morgan fingerprint density at radius 2 is 1.64 bits per heavy atom. The van der Waals surface area contributed by atoms with E-state index in [1.807, 2.05) is 19.1 Å². The van der Waals surface area contributed by atoms with Crippen LogP contribution in [0, 0.1) is 6.92 Å². The van der Waals surface area contributed by atoms with E-state index in [1.54, 1.807) is 12.4 Å². The van der Waals surface area contributed by atoms with Crippen LogP contribution >= 0.6 is 15.9 Å². The van der Waals surface area contributed by atoms with Gasteiger partial charge in [0.25, 0.3) is 0 Å². The van der Waals surface area contributed by atoms with E-state index >= 15 is 0 Å². The van der Waals surface area contributed by atoms with Crippen LogP contribution in [0.3, 0.4) is 0 Å². The first-order chi connectivity index (χ1) is 6.77. The first-order valence-electron chi connectivity index (χ1n) is 4.30. The summed E-state index contributed by atoms with van der Waals surface area (Å²) >= 11 is 3.41. The van der Waals surface area contributed by atoms with Crippen molar-refractivity contribution in [3.05, 3.63) is 46.7 Å². The van der Waals surface area contributed by atoms with E-state index in [0.29, 0.717) is 0 Å². The highest BCUT2D eigenvalue weighted by Crippen LogP contribution is 2.23. The number of aromatic nitrogens is 2. The van der Waals surface area contributed by atoms with Gasteiger partial charge in [-0.3, -0.25) is 0 Å². The molecule has 0 unspecified atom stereocenters. The zero-order valence-electron chi connectivity index (χ0n) is 7.74. The first kappa shape index (κ1) is 9.34. The van der Waals surface area contributed by atoms with Crippen molar-refractivity contribution in [2.45, 2.75) is 6.92 Å². The molecule has 1 heterocycles. The van der Waals surface area contributed by atoms with Gasteiger partial charge in [0.05, 0.1) is 12.4 Å². The highest BCUT2D eigenvalue weighted by Gasteiger charge is 2.00. The third-order valence-corrected chi connectivity index (χ3v) is 2.61. The summed E-state index contributed by atoms with van der Waals surface area (Å²) in [5.74, 6) is 0. The third kappa shape index (κ3) is 1.82. The van der Waals surface area contributed by atoms with E-state index in [4.69, 9.17) is 0 Å². The van der Waals surface area contributed by atoms with Crippen molar-refractivity contribution < 1.29 is 0 Å². The molecule has 0 amide bonds. The standard InChI is InChI=1S/C11H9BrN2/c1-8-6-13-14-7-11(8)9-2-4-10(12)5-3-9/h2-7H,1H3. The van der Waals surface area contributed by atoms with E-state index in [0.717, 1.165) is 15.6 Å². The lowest BCUT2D eigenvalue weighted by molar-refractivity contribution is 1.02. The molecule has 0 aliphatic carbocycles. The minimum absolute atomic E-state index is 1.08. The lowest BCUT2D eigenvalue weighted by Gasteiger charge is -2.03. The Balaban J connectivity index is 2.50. The predicted molar refractivity (Wildman–Crippen MR) is 59.9 cm³/mol. The average Bonchev–Trinajstić information content (AvgIpc) is 2.20. The molecule has 0 aliphatic rings. The Labute approximate surface area is 91.1 Å². The molecule has 2 rings (SSSR count). The quantitative estimate of drug-likeness (QED) is 0.775. The Morgan fingerprint density at radius 1 is 1.00 bits per heavy atom. The number of nitrogens with zero attached hydrogens (tertiary/aromatic N) is 2. The van der Waals surface area contributed by atoms with Gasteiger partial charge in [-0.25, -0.2) is 0 Å². The molecule has 1 aromatic heterocycles. The van der Waals surface area contributed by atoms with Gasteiger partial charge in [-0.1, -0.05) is 28.1 Å². The summed E-state index contributed by atoms with van der Waals surface area (Å²) in [6.07, 6.45) is 3.57. The molecule has 70 valence electrons. The smallest absolute Gasteiger partial charge is 0.0577 e. The largest absolute Gasteiger partial charge is 0.159 e. The second-order valence-electron chi connectivity index (χ2n) is 3.09. The normalized spacial score (nSPS) is 10.1. The minimum Gasteiger partial charge on any atom is -0.159 e. The molecule has 0 N–H and O–H groups in total. The molecule has 3 heteroatoms. The molecule has 0 saturated carbocycles. The zero-order chi connectivity index (χ0) is 9.97. The first-order valence-corrected chi connectivity index (χ1v) is 5.10. The number of aryl methyl sites for hydroxylation is 1. The van der Waals surface area contributed by atoms with Crippen molar-refractivity contribution in [1.82, 2.24) is 10.2 Å². The van der Waals surface area contributed by atoms with Gasteiger partial charge in [0.2, 0.25) is 0 Å². The van der Waals surface area contributed by atoms with E-state index in [9.17, 15) is 0 Å². The lowest BCUT2D eigenvalue weighted by atomic mass is 10.0. The highest BCUT2D eigenvalue weighted by atomic mass is 79.9. The second kappa shape index (κ2) is 3.88. The van der Waals surface area contributed by atoms with Gasteiger partial charge in [-0.2, -0.15) is 10.2 Å². The van der Waals surface area contributed by atoms with Crippen LogP contribution in [0.4, 0.5) is 0 Å². The predicted octanol–water partition coefficient (Wildman–Crippen LogP) is 3.21. The van der Waals surface area contributed by atoms with E-state index in [-0.39, 0.29) is 0 Å². The topological polar surface area (TPSA) is 25.8 Å². The van der Waals surface area contributed by atoms with Crippen molar-refractivity contribution >= 4 is 15.9 Å². The van der Waals surface area contributed by atoms with Gasteiger partial charge in [0.1, 0.15) is 0 Å². The SMILES string of the molecule is Cc1cnncc1-c1ccc(Br)cc1. The van der Waals surface area contributed by atoms with Gasteiger partial charge < -0.3 is 0 Å². The Kier molecular flexibility index (Phi) is 2.59. The van der Waals surface area contributed by atoms with Gasteiger partial charge in [-0.05, 0) is 30.2 Å². The van der Waals surface area contributed by atoms with Crippen LogP contribution in [0.25, 0.3) is 11.1 Å². The maximum absolute atomic E-state index is 3.88. The van der Waals surface area contributed by atoms with Crippen molar-refractivity contribution in [2.75, 3.05) is 0 Å². The summed E-state index contributed by atoms with van der Waals surface area (Å²) in [7, 11) is 0. The molecule has 0 radical (unpaired) electrons. The molecular weight excluding hydrogens is 240 g/mol. The van der Waals surface area contributed by atoms with Crippen LogP contribution in [0.5, 0.6) is 0 Å². The van der Waals surface area contributed by atoms with Crippen LogP contribution in [-0.4, -0.2) is 10.2 Å². The van der Waals surface area contributed by atoms with Gasteiger partial charge >= 0.3 is 0 Å². The van der Waals surface area contributed by atoms with Crippen molar-refractivity contribution in [3.8, 4) is 11.1 Å². The molecule has 0 spiro atoms. The molecular formula is C11H9BrN2. The van der Waals surface area contributed by atoms with Crippen LogP contribution in [0.2, 0.25) is 0 Å². The fourth-order valence-corrected chi connectivity index (χ4v) is 1.58. The molecule has 0 atom stereocenters. The monoisotopic (exact) mass is 248 g/mol. The zero-order valence-corrected chi connectivity index (χ0v) is 9.32. The highest BCUT2D eigenvalue weighted by molar-refractivity contribution is 9.10. The summed E-state index contributed by atoms with van der Waals surface area (Å²) in [4.78, 5) is 0. The number of hydrogen-bond donors (Lipinski definition) is 0. The van der Waals surface area contributed by atoms with Gasteiger partial charge in [0.15, 0.2) is 0 Å². The molecule has 14 heavy (non-hydrogen) atoms. The van der Waals surface area contributed by atoms with Gasteiger partial charge in [0, 0.05) is 10.0 Å². The number of benzene rings is 1. The van der Waals surface area contributed by atoms with E-state index in [1.165, 1.54) is 5.56 Å². The van der Waals surface area contributed by atoms with Gasteiger partial charge in [-0.15, -0.1) is 0 Å². The Hall–Kier alpha value is -1.22. The molecule has 0 aliphatic heterocycles. The summed E-state index contributed by atoms with van der Waals surface area (Å²) in [6, 6.07) is 8.17. The summed E-state index contributed by atoms with van der Waals surface area (Å²) < 4.78 is 1.08. The molecule has 2 aromatic rings. The summed E-state index contributed by atoms with van der Waals surface area (Å²) in [5, 5.41) is 7.71. The average molecular weight is 249 g/mol. The van der Waals surface area contributed by atoms with Crippen LogP contribution in [0.15, 0.2) is 41.1 Å². The van der Waals surface area contributed by atoms with E-state index < -0.39 is 0 Å². The molecule has 1 aromatic carbocycles. The number of hydrogen-bond acceptors (Lipinski definition) is 2. The van der Waals surface area contributed by atoms with Crippen molar-refractivity contribution in [2.24, 2.45) is 0 Å². The summed E-state index contributed by atoms with van der Waals surface area (Å²) in [6.45, 7) is 2.03. The molecule has 0 fully saturated rings. The fraction of sp³-hybridized carbons (Fsp3) is 0.0909. The third-order valence-electron chi connectivity index (χ3n) is 2.08. The molecule has 0 bridgehead atoms. The molecule has 0 saturated heterocycles. The number of halogens is 1. The minimum atomic E-state index is 1.08. The van der Waals surface area contributed by atoms with Crippen molar-refractivity contribution in [1.29, 1.82) is 0 Å².